The molecule has 86 valence electrons. The Morgan fingerprint density at radius 3 is 2.25 bits per heavy atom. The van der Waals surface area contributed by atoms with Gasteiger partial charge in [-0.1, -0.05) is 35.5 Å². The van der Waals surface area contributed by atoms with Gasteiger partial charge in [-0.15, -0.1) is 0 Å². The molecule has 0 fully saturated rings. The first kappa shape index (κ1) is 12.4. The third-order valence-corrected chi connectivity index (χ3v) is 1.99. The zero-order valence-electron chi connectivity index (χ0n) is 8.88. The Bertz CT molecular complexity index is 505. The second kappa shape index (κ2) is 4.89. The summed E-state index contributed by atoms with van der Waals surface area (Å²) in [6.45, 7) is 1.29. The van der Waals surface area contributed by atoms with Gasteiger partial charge in [0.1, 0.15) is 0 Å². The Morgan fingerprint density at radius 2 is 1.81 bits per heavy atom. The summed E-state index contributed by atoms with van der Waals surface area (Å²) in [6, 6.07) is 8.50. The largest absolute Gasteiger partial charge is 0.325 e. The maximum Gasteiger partial charge on any atom is 0.325 e. The maximum atomic E-state index is 11.3. The van der Waals surface area contributed by atoms with Crippen molar-refractivity contribution in [3.63, 3.8) is 0 Å². The summed E-state index contributed by atoms with van der Waals surface area (Å²) in [7, 11) is -3.70. The number of benzene rings is 1. The van der Waals surface area contributed by atoms with Gasteiger partial charge in [-0.2, -0.15) is 8.42 Å². The van der Waals surface area contributed by atoms with Gasteiger partial charge in [0.05, 0.1) is 6.26 Å². The van der Waals surface area contributed by atoms with Gasteiger partial charge in [0, 0.05) is 12.5 Å². The maximum absolute atomic E-state index is 11.3. The summed E-state index contributed by atoms with van der Waals surface area (Å²) < 4.78 is 25.7. The highest BCUT2D eigenvalue weighted by Gasteiger charge is 2.11. The number of Topliss-reactive ketones (excluding diaryl/α,β-unsaturated/α-hetero) is 1. The number of hydrogen-bond acceptors (Lipinski definition) is 5. The lowest BCUT2D eigenvalue weighted by Crippen LogP contribution is -2.13. The Hall–Kier alpha value is -1.69. The first-order valence-electron chi connectivity index (χ1n) is 4.43. The van der Waals surface area contributed by atoms with Gasteiger partial charge in [0.2, 0.25) is 0 Å². The number of ketones is 1. The van der Waals surface area contributed by atoms with Crippen molar-refractivity contribution in [3.05, 3.63) is 35.9 Å². The molecule has 1 aromatic rings. The number of carbonyl (C=O) groups excluding carboxylic acids is 1. The second-order valence-electron chi connectivity index (χ2n) is 3.14. The van der Waals surface area contributed by atoms with Gasteiger partial charge in [0.25, 0.3) is 0 Å². The molecule has 0 heterocycles. The van der Waals surface area contributed by atoms with Crippen LogP contribution in [0.25, 0.3) is 0 Å². The molecule has 1 rings (SSSR count). The van der Waals surface area contributed by atoms with E-state index < -0.39 is 10.1 Å². The van der Waals surface area contributed by atoms with Gasteiger partial charge >= 0.3 is 10.1 Å². The normalized spacial score (nSPS) is 12.2. The molecule has 0 aliphatic carbocycles. The highest BCUT2D eigenvalue weighted by Crippen LogP contribution is 2.03. The predicted molar refractivity (Wildman–Crippen MR) is 59.6 cm³/mol. The Morgan fingerprint density at radius 1 is 1.25 bits per heavy atom. The van der Waals surface area contributed by atoms with E-state index in [1.807, 2.05) is 0 Å². The molecule has 0 aromatic heterocycles. The Balaban J connectivity index is 3.07. The van der Waals surface area contributed by atoms with E-state index in [0.29, 0.717) is 5.56 Å². The smallest absolute Gasteiger partial charge is 0.293 e. The van der Waals surface area contributed by atoms with Crippen molar-refractivity contribution in [1.82, 2.24) is 0 Å². The van der Waals surface area contributed by atoms with Crippen molar-refractivity contribution in [2.24, 2.45) is 5.16 Å². The monoisotopic (exact) mass is 241 g/mol. The molecule has 0 amide bonds. The summed E-state index contributed by atoms with van der Waals surface area (Å²) in [5.74, 6) is -0.366. The van der Waals surface area contributed by atoms with Crippen LogP contribution in [0.3, 0.4) is 0 Å². The molecule has 0 aliphatic rings. The minimum atomic E-state index is -3.70. The van der Waals surface area contributed by atoms with Crippen LogP contribution < -0.4 is 0 Å². The number of nitrogens with zero attached hydrogens (tertiary/aromatic N) is 1. The molecule has 0 N–H and O–H groups in total. The number of oxime groups is 1. The van der Waals surface area contributed by atoms with Crippen molar-refractivity contribution >= 4 is 21.6 Å². The van der Waals surface area contributed by atoms with E-state index in [0.717, 1.165) is 6.26 Å². The average molecular weight is 241 g/mol. The Kier molecular flexibility index (Phi) is 3.78. The van der Waals surface area contributed by atoms with Gasteiger partial charge < -0.3 is 0 Å². The van der Waals surface area contributed by atoms with Gasteiger partial charge in [0.15, 0.2) is 11.5 Å². The van der Waals surface area contributed by atoms with Crippen LogP contribution >= 0.6 is 0 Å². The van der Waals surface area contributed by atoms with E-state index in [-0.39, 0.29) is 11.5 Å². The zero-order valence-corrected chi connectivity index (χ0v) is 9.69. The molecule has 0 unspecified atom stereocenters. The zero-order chi connectivity index (χ0) is 12.2. The third-order valence-electron chi connectivity index (χ3n) is 1.64. The van der Waals surface area contributed by atoms with Crippen molar-refractivity contribution < 1.29 is 17.5 Å². The fourth-order valence-electron chi connectivity index (χ4n) is 1.02. The highest BCUT2D eigenvalue weighted by atomic mass is 32.2. The molecule has 0 saturated heterocycles. The first-order chi connectivity index (χ1) is 7.40. The van der Waals surface area contributed by atoms with Crippen LogP contribution in [-0.2, 0) is 19.2 Å². The van der Waals surface area contributed by atoms with E-state index in [4.69, 9.17) is 0 Å². The lowest BCUT2D eigenvalue weighted by Gasteiger charge is -2.01. The standard InChI is InChI=1S/C10H11NO4S/c1-8(12)10(11-15-16(2,13)14)9-6-4-3-5-7-9/h3-7H,1-2H3/b11-10-. The van der Waals surface area contributed by atoms with Gasteiger partial charge in [-0.3, -0.25) is 9.08 Å². The quantitative estimate of drug-likeness (QED) is 0.581. The van der Waals surface area contributed by atoms with Crippen LogP contribution in [0.2, 0.25) is 0 Å². The number of rotatable bonds is 4. The van der Waals surface area contributed by atoms with E-state index in [2.05, 4.69) is 9.44 Å². The van der Waals surface area contributed by atoms with Crippen LogP contribution in [0, 0.1) is 0 Å². The molecule has 0 aliphatic heterocycles. The molecule has 1 aromatic carbocycles. The predicted octanol–water partition coefficient (Wildman–Crippen LogP) is 0.956. The summed E-state index contributed by atoms with van der Waals surface area (Å²) in [4.78, 5) is 11.3. The van der Waals surface area contributed by atoms with Gasteiger partial charge in [-0.25, -0.2) is 0 Å². The molecule has 6 heteroatoms. The van der Waals surface area contributed by atoms with Crippen molar-refractivity contribution in [3.8, 4) is 0 Å². The molecule has 0 spiro atoms. The molecule has 0 radical (unpaired) electrons. The molecule has 5 nitrogen and oxygen atoms in total. The number of carbonyl (C=O) groups is 1. The van der Waals surface area contributed by atoms with E-state index >= 15 is 0 Å². The van der Waals surface area contributed by atoms with Crippen LogP contribution in [-0.4, -0.2) is 26.2 Å². The third kappa shape index (κ3) is 3.82. The fraction of sp³-hybridized carbons (Fsp3) is 0.200. The first-order valence-corrected chi connectivity index (χ1v) is 6.25. The lowest BCUT2D eigenvalue weighted by atomic mass is 10.1. The van der Waals surface area contributed by atoms with E-state index in [9.17, 15) is 13.2 Å². The highest BCUT2D eigenvalue weighted by molar-refractivity contribution is 7.85. The molecule has 0 saturated carbocycles. The summed E-state index contributed by atoms with van der Waals surface area (Å²) >= 11 is 0. The second-order valence-corrected chi connectivity index (χ2v) is 4.70. The van der Waals surface area contributed by atoms with Crippen molar-refractivity contribution in [2.75, 3.05) is 6.26 Å². The summed E-state index contributed by atoms with van der Waals surface area (Å²) in [5, 5.41) is 3.34. The minimum Gasteiger partial charge on any atom is -0.293 e. The van der Waals surface area contributed by atoms with Crippen molar-refractivity contribution in [1.29, 1.82) is 0 Å². The Labute approximate surface area is 93.9 Å². The van der Waals surface area contributed by atoms with Gasteiger partial charge in [-0.05, 0) is 0 Å². The summed E-state index contributed by atoms with van der Waals surface area (Å²) in [6.07, 6.45) is 0.860. The molecular weight excluding hydrogens is 230 g/mol. The topological polar surface area (TPSA) is 72.8 Å². The minimum absolute atomic E-state index is 0.0222. The van der Waals surface area contributed by atoms with Crippen molar-refractivity contribution in [2.45, 2.75) is 6.92 Å². The van der Waals surface area contributed by atoms with E-state index in [1.165, 1.54) is 6.92 Å². The molecule has 0 bridgehead atoms. The van der Waals surface area contributed by atoms with Crippen LogP contribution in [0.4, 0.5) is 0 Å². The average Bonchev–Trinajstić information content (AvgIpc) is 2.17. The molecular formula is C10H11NO4S. The molecule has 16 heavy (non-hydrogen) atoms. The number of hydrogen-bond donors (Lipinski definition) is 0. The van der Waals surface area contributed by atoms with Crippen LogP contribution in [0.15, 0.2) is 35.5 Å². The lowest BCUT2D eigenvalue weighted by molar-refractivity contribution is -0.111. The van der Waals surface area contributed by atoms with Crippen LogP contribution in [0.5, 0.6) is 0 Å². The SMILES string of the molecule is CC(=O)/C(=N/OS(C)(=O)=O)c1ccccc1. The molecule has 0 atom stereocenters. The summed E-state index contributed by atoms with van der Waals surface area (Å²) in [5.41, 5.74) is 0.490. The fourth-order valence-corrected chi connectivity index (χ4v) is 1.23. The van der Waals surface area contributed by atoms with E-state index in [1.54, 1.807) is 30.3 Å². The van der Waals surface area contributed by atoms with Crippen LogP contribution in [0.1, 0.15) is 12.5 Å².